The molecule has 6 heteroatoms. The molecule has 1 fully saturated rings. The summed E-state index contributed by atoms with van der Waals surface area (Å²) in [6, 6.07) is 9.51. The number of ether oxygens (including phenoxy) is 1. The quantitative estimate of drug-likeness (QED) is 0.808. The third-order valence-electron chi connectivity index (χ3n) is 3.55. The summed E-state index contributed by atoms with van der Waals surface area (Å²) in [6.07, 6.45) is 1.72. The number of nitrogens with one attached hydrogen (secondary N) is 1. The Hall–Kier alpha value is -0.950. The highest BCUT2D eigenvalue weighted by Gasteiger charge is 2.29. The van der Waals surface area contributed by atoms with Crippen molar-refractivity contribution in [2.24, 2.45) is 5.73 Å². The lowest BCUT2D eigenvalue weighted by Gasteiger charge is -2.25. The fourth-order valence-electron chi connectivity index (χ4n) is 2.39. The first kappa shape index (κ1) is 15.4. The van der Waals surface area contributed by atoms with Crippen molar-refractivity contribution in [1.29, 1.82) is 0 Å². The van der Waals surface area contributed by atoms with Crippen LogP contribution >= 0.6 is 0 Å². The van der Waals surface area contributed by atoms with Crippen LogP contribution in [0.2, 0.25) is 0 Å². The summed E-state index contributed by atoms with van der Waals surface area (Å²) >= 11 is 0. The van der Waals surface area contributed by atoms with Crippen LogP contribution < -0.4 is 10.5 Å². The third-order valence-corrected chi connectivity index (χ3v) is 5.56. The molecule has 0 aliphatic carbocycles. The van der Waals surface area contributed by atoms with Gasteiger partial charge in [-0.25, -0.2) is 13.1 Å². The van der Waals surface area contributed by atoms with Gasteiger partial charge in [0.25, 0.3) is 0 Å². The maximum absolute atomic E-state index is 12.3. The molecule has 1 aromatic carbocycles. The van der Waals surface area contributed by atoms with Crippen molar-refractivity contribution in [3.05, 3.63) is 35.9 Å². The van der Waals surface area contributed by atoms with Gasteiger partial charge in [-0.2, -0.15) is 0 Å². The van der Waals surface area contributed by atoms with E-state index in [-0.39, 0.29) is 17.8 Å². The summed E-state index contributed by atoms with van der Waals surface area (Å²) < 4.78 is 32.6. The zero-order valence-electron chi connectivity index (χ0n) is 11.5. The van der Waals surface area contributed by atoms with Gasteiger partial charge in [-0.05, 0) is 24.8 Å². The average molecular weight is 298 g/mol. The monoisotopic (exact) mass is 298 g/mol. The van der Waals surface area contributed by atoms with Gasteiger partial charge < -0.3 is 10.5 Å². The molecule has 1 aliphatic rings. The van der Waals surface area contributed by atoms with E-state index >= 15 is 0 Å². The first-order valence-corrected chi connectivity index (χ1v) is 8.49. The van der Waals surface area contributed by atoms with E-state index in [1.807, 2.05) is 30.3 Å². The van der Waals surface area contributed by atoms with Gasteiger partial charge in [-0.1, -0.05) is 30.3 Å². The van der Waals surface area contributed by atoms with E-state index in [2.05, 4.69) is 4.72 Å². The number of nitrogens with two attached hydrogens (primary N) is 1. The zero-order chi connectivity index (χ0) is 14.4. The molecule has 0 saturated carbocycles. The van der Waals surface area contributed by atoms with Gasteiger partial charge in [-0.15, -0.1) is 0 Å². The molecular formula is C14H22N2O3S. The van der Waals surface area contributed by atoms with Crippen molar-refractivity contribution in [1.82, 2.24) is 4.72 Å². The number of sulfonamides is 1. The van der Waals surface area contributed by atoms with Crippen LogP contribution in [-0.4, -0.2) is 39.5 Å². The number of hydrogen-bond donors (Lipinski definition) is 2. The Kier molecular flexibility index (Phi) is 5.54. The second-order valence-corrected chi connectivity index (χ2v) is 7.09. The van der Waals surface area contributed by atoms with Crippen LogP contribution in [0.5, 0.6) is 0 Å². The van der Waals surface area contributed by atoms with E-state index in [4.69, 9.17) is 10.5 Å². The largest absolute Gasteiger partial charge is 0.381 e. The predicted octanol–water partition coefficient (Wildman–Crippen LogP) is 0.655. The van der Waals surface area contributed by atoms with Crippen LogP contribution in [0.3, 0.4) is 0 Å². The highest BCUT2D eigenvalue weighted by molar-refractivity contribution is 7.90. The van der Waals surface area contributed by atoms with Gasteiger partial charge in [0.2, 0.25) is 10.0 Å². The SMILES string of the molecule is NCC(Cc1ccccc1)NS(=O)(=O)C1CCOCC1. The maximum Gasteiger partial charge on any atom is 0.214 e. The minimum atomic E-state index is -3.32. The van der Waals surface area contributed by atoms with Gasteiger partial charge in [0, 0.05) is 25.8 Å². The molecule has 1 heterocycles. The lowest BCUT2D eigenvalue weighted by Crippen LogP contribution is -2.47. The van der Waals surface area contributed by atoms with Crippen molar-refractivity contribution >= 4 is 10.0 Å². The minimum absolute atomic E-state index is 0.259. The number of benzene rings is 1. The third kappa shape index (κ3) is 4.28. The van der Waals surface area contributed by atoms with E-state index in [1.165, 1.54) is 0 Å². The van der Waals surface area contributed by atoms with Crippen LogP contribution in [0.1, 0.15) is 18.4 Å². The smallest absolute Gasteiger partial charge is 0.214 e. The van der Waals surface area contributed by atoms with Crippen molar-refractivity contribution < 1.29 is 13.2 Å². The maximum atomic E-state index is 12.3. The Bertz CT molecular complexity index is 498. The Morgan fingerprint density at radius 2 is 1.90 bits per heavy atom. The molecule has 20 heavy (non-hydrogen) atoms. The molecule has 0 amide bonds. The molecule has 0 aromatic heterocycles. The molecular weight excluding hydrogens is 276 g/mol. The molecule has 1 saturated heterocycles. The number of rotatable bonds is 6. The molecule has 1 unspecified atom stereocenters. The van der Waals surface area contributed by atoms with Crippen LogP contribution in [-0.2, 0) is 21.2 Å². The van der Waals surface area contributed by atoms with E-state index < -0.39 is 10.0 Å². The first-order valence-electron chi connectivity index (χ1n) is 6.94. The van der Waals surface area contributed by atoms with Crippen molar-refractivity contribution in [2.45, 2.75) is 30.6 Å². The van der Waals surface area contributed by atoms with Crippen LogP contribution in [0.25, 0.3) is 0 Å². The molecule has 1 aromatic rings. The molecule has 1 aliphatic heterocycles. The lowest BCUT2D eigenvalue weighted by molar-refractivity contribution is 0.0981. The second-order valence-electron chi connectivity index (χ2n) is 5.10. The molecule has 2 rings (SSSR count). The van der Waals surface area contributed by atoms with E-state index in [1.54, 1.807) is 0 Å². The van der Waals surface area contributed by atoms with E-state index in [9.17, 15) is 8.42 Å². The highest BCUT2D eigenvalue weighted by Crippen LogP contribution is 2.15. The van der Waals surface area contributed by atoms with Gasteiger partial charge in [0.05, 0.1) is 5.25 Å². The van der Waals surface area contributed by atoms with Crippen molar-refractivity contribution in [3.63, 3.8) is 0 Å². The average Bonchev–Trinajstić information content (AvgIpc) is 2.48. The Labute approximate surface area is 120 Å². The summed E-state index contributed by atoms with van der Waals surface area (Å²) in [5.41, 5.74) is 6.79. The fraction of sp³-hybridized carbons (Fsp3) is 0.571. The molecule has 5 nitrogen and oxygen atoms in total. The van der Waals surface area contributed by atoms with Crippen LogP contribution in [0.15, 0.2) is 30.3 Å². The Balaban J connectivity index is 1.98. The normalized spacial score (nSPS) is 18.9. The molecule has 0 bridgehead atoms. The molecule has 3 N–H and O–H groups in total. The first-order chi connectivity index (χ1) is 9.62. The molecule has 112 valence electrons. The number of hydrogen-bond acceptors (Lipinski definition) is 4. The fourth-order valence-corrected chi connectivity index (χ4v) is 4.04. The summed E-state index contributed by atoms with van der Waals surface area (Å²) in [4.78, 5) is 0. The highest BCUT2D eigenvalue weighted by atomic mass is 32.2. The van der Waals surface area contributed by atoms with Gasteiger partial charge >= 0.3 is 0 Å². The second kappa shape index (κ2) is 7.17. The van der Waals surface area contributed by atoms with Crippen molar-refractivity contribution in [2.75, 3.05) is 19.8 Å². The van der Waals surface area contributed by atoms with Gasteiger partial charge in [-0.3, -0.25) is 0 Å². The summed E-state index contributed by atoms with van der Waals surface area (Å²) in [5, 5.41) is -0.360. The Morgan fingerprint density at radius 3 is 2.50 bits per heavy atom. The summed E-state index contributed by atoms with van der Waals surface area (Å²) in [5.74, 6) is 0. The molecule has 0 radical (unpaired) electrons. The van der Waals surface area contributed by atoms with E-state index in [0.717, 1.165) is 5.56 Å². The molecule has 1 atom stereocenters. The van der Waals surface area contributed by atoms with Crippen LogP contribution in [0.4, 0.5) is 0 Å². The van der Waals surface area contributed by atoms with Gasteiger partial charge in [0.1, 0.15) is 0 Å². The van der Waals surface area contributed by atoms with Gasteiger partial charge in [0.15, 0.2) is 0 Å². The standard InChI is InChI=1S/C14H22N2O3S/c15-11-13(10-12-4-2-1-3-5-12)16-20(17,18)14-6-8-19-9-7-14/h1-5,13-14,16H,6-11,15H2. The van der Waals surface area contributed by atoms with Crippen molar-refractivity contribution in [3.8, 4) is 0 Å². The van der Waals surface area contributed by atoms with E-state index in [0.29, 0.717) is 32.5 Å². The minimum Gasteiger partial charge on any atom is -0.381 e. The summed E-state index contributed by atoms with van der Waals surface area (Å²) in [6.45, 7) is 1.31. The Morgan fingerprint density at radius 1 is 1.25 bits per heavy atom. The predicted molar refractivity (Wildman–Crippen MR) is 78.9 cm³/mol. The zero-order valence-corrected chi connectivity index (χ0v) is 12.3. The van der Waals surface area contributed by atoms with Crippen LogP contribution in [0, 0.1) is 0 Å². The topological polar surface area (TPSA) is 81.4 Å². The summed E-state index contributed by atoms with van der Waals surface area (Å²) in [7, 11) is -3.32. The molecule has 0 spiro atoms. The lowest BCUT2D eigenvalue weighted by atomic mass is 10.1.